The van der Waals surface area contributed by atoms with Crippen LogP contribution in [0.15, 0.2) is 22.7 Å². The second-order valence-electron chi connectivity index (χ2n) is 5.13. The van der Waals surface area contributed by atoms with Crippen molar-refractivity contribution in [1.29, 1.82) is 0 Å². The monoisotopic (exact) mass is 296 g/mol. The Kier molecular flexibility index (Phi) is 4.32. The molecule has 2 nitrogen and oxygen atoms in total. The third kappa shape index (κ3) is 3.38. The molecule has 0 aliphatic heterocycles. The number of nitrogen functional groups attached to an aromatic ring is 1. The summed E-state index contributed by atoms with van der Waals surface area (Å²) in [4.78, 5) is 0. The van der Waals surface area contributed by atoms with Crippen molar-refractivity contribution >= 4 is 27.3 Å². The van der Waals surface area contributed by atoms with Crippen molar-refractivity contribution in [3.63, 3.8) is 0 Å². The fourth-order valence-corrected chi connectivity index (χ4v) is 2.98. The van der Waals surface area contributed by atoms with Crippen LogP contribution in [0.3, 0.4) is 0 Å². The summed E-state index contributed by atoms with van der Waals surface area (Å²) in [5.74, 6) is 1.63. The Bertz CT molecular complexity index is 378. The van der Waals surface area contributed by atoms with E-state index in [-0.39, 0.29) is 0 Å². The molecule has 1 saturated carbocycles. The maximum absolute atomic E-state index is 5.96. The van der Waals surface area contributed by atoms with Crippen LogP contribution in [-0.2, 0) is 0 Å². The zero-order valence-corrected chi connectivity index (χ0v) is 12.0. The predicted octanol–water partition coefficient (Wildman–Crippen LogP) is 4.27. The molecule has 17 heavy (non-hydrogen) atoms. The number of anilines is 2. The second-order valence-corrected chi connectivity index (χ2v) is 6.05. The SMILES string of the molecule is CC1CCCCC1CNc1cc(Br)ccc1N. The topological polar surface area (TPSA) is 38.0 Å². The van der Waals surface area contributed by atoms with Gasteiger partial charge in [-0.05, 0) is 36.5 Å². The van der Waals surface area contributed by atoms with Crippen LogP contribution in [-0.4, -0.2) is 6.54 Å². The van der Waals surface area contributed by atoms with E-state index in [2.05, 4.69) is 34.2 Å². The Labute approximate surface area is 112 Å². The van der Waals surface area contributed by atoms with Gasteiger partial charge in [-0.2, -0.15) is 0 Å². The van der Waals surface area contributed by atoms with Crippen molar-refractivity contribution in [3.8, 4) is 0 Å². The minimum atomic E-state index is 0.794. The van der Waals surface area contributed by atoms with Gasteiger partial charge in [0.15, 0.2) is 0 Å². The molecule has 1 fully saturated rings. The highest BCUT2D eigenvalue weighted by Crippen LogP contribution is 2.30. The molecule has 1 aliphatic carbocycles. The van der Waals surface area contributed by atoms with E-state index in [0.717, 1.165) is 34.2 Å². The van der Waals surface area contributed by atoms with E-state index in [4.69, 9.17) is 5.73 Å². The summed E-state index contributed by atoms with van der Waals surface area (Å²) >= 11 is 3.48. The van der Waals surface area contributed by atoms with E-state index >= 15 is 0 Å². The van der Waals surface area contributed by atoms with Gasteiger partial charge in [0.1, 0.15) is 0 Å². The Balaban J connectivity index is 1.94. The van der Waals surface area contributed by atoms with Crippen molar-refractivity contribution in [2.45, 2.75) is 32.6 Å². The first-order chi connectivity index (χ1) is 8.16. The first kappa shape index (κ1) is 12.7. The van der Waals surface area contributed by atoms with Gasteiger partial charge in [-0.1, -0.05) is 42.1 Å². The molecule has 2 atom stereocenters. The molecule has 0 radical (unpaired) electrons. The highest BCUT2D eigenvalue weighted by atomic mass is 79.9. The third-order valence-corrected chi connectivity index (χ3v) is 4.35. The Morgan fingerprint density at radius 2 is 2.12 bits per heavy atom. The highest BCUT2D eigenvalue weighted by Gasteiger charge is 2.20. The summed E-state index contributed by atoms with van der Waals surface area (Å²) in [5, 5.41) is 3.50. The average Bonchev–Trinajstić information content (AvgIpc) is 2.32. The Morgan fingerprint density at radius 3 is 2.88 bits per heavy atom. The minimum absolute atomic E-state index is 0.794. The maximum atomic E-state index is 5.96. The molecular formula is C14H21BrN2. The van der Waals surface area contributed by atoms with Gasteiger partial charge in [0.25, 0.3) is 0 Å². The van der Waals surface area contributed by atoms with Gasteiger partial charge in [0, 0.05) is 11.0 Å². The van der Waals surface area contributed by atoms with E-state index in [0.29, 0.717) is 0 Å². The molecule has 3 heteroatoms. The van der Waals surface area contributed by atoms with Crippen LogP contribution in [0.1, 0.15) is 32.6 Å². The van der Waals surface area contributed by atoms with Crippen LogP contribution in [0.4, 0.5) is 11.4 Å². The molecule has 0 amide bonds. The lowest BCUT2D eigenvalue weighted by Crippen LogP contribution is -2.24. The van der Waals surface area contributed by atoms with E-state index in [9.17, 15) is 0 Å². The van der Waals surface area contributed by atoms with Crippen LogP contribution in [0.5, 0.6) is 0 Å². The molecule has 0 spiro atoms. The number of nitrogens with one attached hydrogen (secondary N) is 1. The summed E-state index contributed by atoms with van der Waals surface area (Å²) in [5.41, 5.74) is 7.84. The van der Waals surface area contributed by atoms with Gasteiger partial charge in [-0.15, -0.1) is 0 Å². The van der Waals surface area contributed by atoms with Crippen LogP contribution >= 0.6 is 15.9 Å². The van der Waals surface area contributed by atoms with Crippen molar-refractivity contribution in [3.05, 3.63) is 22.7 Å². The summed E-state index contributed by atoms with van der Waals surface area (Å²) in [6, 6.07) is 5.98. The van der Waals surface area contributed by atoms with E-state index in [1.54, 1.807) is 0 Å². The van der Waals surface area contributed by atoms with Gasteiger partial charge in [-0.25, -0.2) is 0 Å². The summed E-state index contributed by atoms with van der Waals surface area (Å²) < 4.78 is 1.07. The molecule has 2 rings (SSSR count). The predicted molar refractivity (Wildman–Crippen MR) is 78.2 cm³/mol. The first-order valence-corrected chi connectivity index (χ1v) is 7.25. The lowest BCUT2D eigenvalue weighted by molar-refractivity contribution is 0.268. The number of halogens is 1. The number of nitrogens with two attached hydrogens (primary N) is 1. The lowest BCUT2D eigenvalue weighted by atomic mass is 9.80. The summed E-state index contributed by atoms with van der Waals surface area (Å²) in [7, 11) is 0. The van der Waals surface area contributed by atoms with Gasteiger partial charge in [0.05, 0.1) is 11.4 Å². The van der Waals surface area contributed by atoms with Crippen molar-refractivity contribution < 1.29 is 0 Å². The molecule has 0 heterocycles. The number of hydrogen-bond donors (Lipinski definition) is 2. The van der Waals surface area contributed by atoms with E-state index in [1.165, 1.54) is 25.7 Å². The van der Waals surface area contributed by atoms with Crippen molar-refractivity contribution in [1.82, 2.24) is 0 Å². The van der Waals surface area contributed by atoms with Crippen LogP contribution in [0.25, 0.3) is 0 Å². The first-order valence-electron chi connectivity index (χ1n) is 6.45. The maximum Gasteiger partial charge on any atom is 0.0585 e. The van der Waals surface area contributed by atoms with Gasteiger partial charge >= 0.3 is 0 Å². The van der Waals surface area contributed by atoms with E-state index < -0.39 is 0 Å². The molecule has 94 valence electrons. The van der Waals surface area contributed by atoms with Gasteiger partial charge < -0.3 is 11.1 Å². The van der Waals surface area contributed by atoms with E-state index in [1.807, 2.05) is 12.1 Å². The molecule has 1 aliphatic rings. The lowest BCUT2D eigenvalue weighted by Gasteiger charge is -2.29. The Morgan fingerprint density at radius 1 is 1.35 bits per heavy atom. The smallest absolute Gasteiger partial charge is 0.0585 e. The Hall–Kier alpha value is -0.700. The largest absolute Gasteiger partial charge is 0.397 e. The zero-order chi connectivity index (χ0) is 12.3. The molecule has 1 aromatic carbocycles. The quantitative estimate of drug-likeness (QED) is 0.818. The summed E-state index contributed by atoms with van der Waals surface area (Å²) in [6.45, 7) is 3.41. The second kappa shape index (κ2) is 5.76. The zero-order valence-electron chi connectivity index (χ0n) is 10.4. The molecule has 1 aromatic rings. The number of rotatable bonds is 3. The number of hydrogen-bond acceptors (Lipinski definition) is 2. The normalized spacial score (nSPS) is 24.6. The highest BCUT2D eigenvalue weighted by molar-refractivity contribution is 9.10. The van der Waals surface area contributed by atoms with Crippen molar-refractivity contribution in [2.75, 3.05) is 17.6 Å². The fourth-order valence-electron chi connectivity index (χ4n) is 2.62. The minimum Gasteiger partial charge on any atom is -0.397 e. The standard InChI is InChI=1S/C14H21BrN2/c1-10-4-2-3-5-11(10)9-17-14-8-12(15)6-7-13(14)16/h6-8,10-11,17H,2-5,9,16H2,1H3. The number of benzene rings is 1. The third-order valence-electron chi connectivity index (χ3n) is 3.86. The van der Waals surface area contributed by atoms with Gasteiger partial charge in [-0.3, -0.25) is 0 Å². The molecule has 0 aromatic heterocycles. The molecule has 2 unspecified atom stereocenters. The molecule has 0 bridgehead atoms. The summed E-state index contributed by atoms with van der Waals surface area (Å²) in [6.07, 6.45) is 5.50. The molecule has 3 N–H and O–H groups in total. The van der Waals surface area contributed by atoms with Crippen molar-refractivity contribution in [2.24, 2.45) is 11.8 Å². The van der Waals surface area contributed by atoms with Crippen LogP contribution < -0.4 is 11.1 Å². The van der Waals surface area contributed by atoms with Crippen LogP contribution in [0.2, 0.25) is 0 Å². The van der Waals surface area contributed by atoms with Crippen LogP contribution in [0, 0.1) is 11.8 Å². The average molecular weight is 297 g/mol. The molecule has 0 saturated heterocycles. The fraction of sp³-hybridized carbons (Fsp3) is 0.571. The molecular weight excluding hydrogens is 276 g/mol. The van der Waals surface area contributed by atoms with Gasteiger partial charge in [0.2, 0.25) is 0 Å².